The van der Waals surface area contributed by atoms with Crippen molar-refractivity contribution in [3.63, 3.8) is 0 Å². The van der Waals surface area contributed by atoms with E-state index in [9.17, 15) is 0 Å². The van der Waals surface area contributed by atoms with Crippen LogP contribution in [0.2, 0.25) is 0 Å². The number of hydrogen-bond acceptors (Lipinski definition) is 3. The molecule has 1 aliphatic heterocycles. The van der Waals surface area contributed by atoms with Crippen LogP contribution in [0.15, 0.2) is 24.3 Å². The Hall–Kier alpha value is -1.06. The average molecular weight is 233 g/mol. The van der Waals surface area contributed by atoms with Crippen LogP contribution in [0.25, 0.3) is 0 Å². The maximum absolute atomic E-state index is 9.08. The summed E-state index contributed by atoms with van der Waals surface area (Å²) in [5.41, 5.74) is 1.32. The molecule has 1 saturated carbocycles. The molecule has 1 aliphatic carbocycles. The Morgan fingerprint density at radius 1 is 1.29 bits per heavy atom. The molecule has 0 bridgehead atoms. The fourth-order valence-corrected chi connectivity index (χ4v) is 2.61. The van der Waals surface area contributed by atoms with E-state index in [1.54, 1.807) is 0 Å². The molecular weight excluding hydrogens is 214 g/mol. The van der Waals surface area contributed by atoms with E-state index in [1.165, 1.54) is 18.4 Å². The molecule has 1 fully saturated rings. The van der Waals surface area contributed by atoms with Gasteiger partial charge in [0, 0.05) is 25.6 Å². The zero-order valence-corrected chi connectivity index (χ0v) is 10.0. The van der Waals surface area contributed by atoms with Gasteiger partial charge in [-0.2, -0.15) is 0 Å². The van der Waals surface area contributed by atoms with E-state index in [2.05, 4.69) is 17.0 Å². The molecule has 0 radical (unpaired) electrons. The lowest BCUT2D eigenvalue weighted by molar-refractivity contribution is 0.124. The van der Waals surface area contributed by atoms with Crippen LogP contribution in [0.4, 0.5) is 0 Å². The summed E-state index contributed by atoms with van der Waals surface area (Å²) in [5.74, 6) is 1.04. The minimum absolute atomic E-state index is 0.246. The topological polar surface area (TPSA) is 32.7 Å². The predicted molar refractivity (Wildman–Crippen MR) is 66.2 cm³/mol. The lowest BCUT2D eigenvalue weighted by Crippen LogP contribution is -2.38. The van der Waals surface area contributed by atoms with Crippen molar-refractivity contribution in [2.24, 2.45) is 0 Å². The van der Waals surface area contributed by atoms with Crippen LogP contribution in [0.3, 0.4) is 0 Å². The minimum Gasteiger partial charge on any atom is -0.488 e. The molecule has 92 valence electrons. The van der Waals surface area contributed by atoms with Crippen molar-refractivity contribution >= 4 is 0 Å². The molecular formula is C14H19NO2. The van der Waals surface area contributed by atoms with E-state index >= 15 is 0 Å². The molecule has 0 spiro atoms. The van der Waals surface area contributed by atoms with Crippen LogP contribution >= 0.6 is 0 Å². The van der Waals surface area contributed by atoms with E-state index in [-0.39, 0.29) is 12.7 Å². The van der Waals surface area contributed by atoms with Gasteiger partial charge in [-0.1, -0.05) is 18.2 Å². The summed E-state index contributed by atoms with van der Waals surface area (Å²) in [6.45, 7) is 1.97. The van der Waals surface area contributed by atoms with Gasteiger partial charge in [-0.05, 0) is 24.5 Å². The number of benzene rings is 1. The summed E-state index contributed by atoms with van der Waals surface area (Å²) in [6, 6.07) is 8.96. The molecule has 1 aromatic carbocycles. The summed E-state index contributed by atoms with van der Waals surface area (Å²) in [6.07, 6.45) is 3.82. The summed E-state index contributed by atoms with van der Waals surface area (Å²) >= 11 is 0. The SMILES string of the molecule is OCCN(CC1Cc2ccccc2O1)C1CC1. The van der Waals surface area contributed by atoms with E-state index < -0.39 is 0 Å². The van der Waals surface area contributed by atoms with Gasteiger partial charge in [-0.25, -0.2) is 0 Å². The molecule has 2 aliphatic rings. The van der Waals surface area contributed by atoms with Gasteiger partial charge in [0.25, 0.3) is 0 Å². The van der Waals surface area contributed by atoms with Crippen LogP contribution in [-0.2, 0) is 6.42 Å². The summed E-state index contributed by atoms with van der Waals surface area (Å²) in [4.78, 5) is 2.37. The van der Waals surface area contributed by atoms with Crippen LogP contribution in [0.5, 0.6) is 5.75 Å². The van der Waals surface area contributed by atoms with Crippen molar-refractivity contribution < 1.29 is 9.84 Å². The molecule has 3 nitrogen and oxygen atoms in total. The quantitative estimate of drug-likeness (QED) is 0.835. The number of aliphatic hydroxyl groups is 1. The van der Waals surface area contributed by atoms with E-state index in [1.807, 2.05) is 12.1 Å². The molecule has 1 unspecified atom stereocenters. The maximum atomic E-state index is 9.08. The highest BCUT2D eigenvalue weighted by Crippen LogP contribution is 2.31. The Kier molecular flexibility index (Phi) is 3.04. The molecule has 0 amide bonds. The second kappa shape index (κ2) is 4.67. The minimum atomic E-state index is 0.246. The van der Waals surface area contributed by atoms with Crippen molar-refractivity contribution in [2.75, 3.05) is 19.7 Å². The Morgan fingerprint density at radius 2 is 2.12 bits per heavy atom. The van der Waals surface area contributed by atoms with Crippen molar-refractivity contribution in [1.29, 1.82) is 0 Å². The Labute approximate surface area is 102 Å². The smallest absolute Gasteiger partial charge is 0.123 e. The molecule has 1 heterocycles. The van der Waals surface area contributed by atoms with Crippen molar-refractivity contribution in [2.45, 2.75) is 31.4 Å². The molecule has 3 heteroatoms. The number of nitrogens with zero attached hydrogens (tertiary/aromatic N) is 1. The van der Waals surface area contributed by atoms with Gasteiger partial charge in [-0.15, -0.1) is 0 Å². The molecule has 3 rings (SSSR count). The number of para-hydroxylation sites is 1. The molecule has 1 atom stereocenters. The van der Waals surface area contributed by atoms with E-state index in [0.717, 1.165) is 25.3 Å². The normalized spacial score (nSPS) is 22.6. The highest BCUT2D eigenvalue weighted by molar-refractivity contribution is 5.37. The van der Waals surface area contributed by atoms with Gasteiger partial charge >= 0.3 is 0 Å². The standard InChI is InChI=1S/C14H19NO2/c16-8-7-15(12-5-6-12)10-13-9-11-3-1-2-4-14(11)17-13/h1-4,12-13,16H,5-10H2. The second-order valence-corrected chi connectivity index (χ2v) is 5.00. The van der Waals surface area contributed by atoms with E-state index in [0.29, 0.717) is 6.04 Å². The Morgan fingerprint density at radius 3 is 2.82 bits per heavy atom. The van der Waals surface area contributed by atoms with Gasteiger partial charge in [0.15, 0.2) is 0 Å². The number of hydrogen-bond donors (Lipinski definition) is 1. The van der Waals surface area contributed by atoms with Gasteiger partial charge in [0.05, 0.1) is 6.61 Å². The highest BCUT2D eigenvalue weighted by atomic mass is 16.5. The van der Waals surface area contributed by atoms with Crippen LogP contribution in [0.1, 0.15) is 18.4 Å². The fraction of sp³-hybridized carbons (Fsp3) is 0.571. The van der Waals surface area contributed by atoms with Crippen LogP contribution in [-0.4, -0.2) is 41.8 Å². The zero-order valence-electron chi connectivity index (χ0n) is 10.0. The third-order valence-corrected chi connectivity index (χ3v) is 3.60. The van der Waals surface area contributed by atoms with E-state index in [4.69, 9.17) is 9.84 Å². The first kappa shape index (κ1) is 11.1. The monoisotopic (exact) mass is 233 g/mol. The third-order valence-electron chi connectivity index (χ3n) is 3.60. The molecule has 0 saturated heterocycles. The molecule has 0 aromatic heterocycles. The zero-order chi connectivity index (χ0) is 11.7. The summed E-state index contributed by atoms with van der Waals surface area (Å²) in [7, 11) is 0. The summed E-state index contributed by atoms with van der Waals surface area (Å²) in [5, 5.41) is 9.08. The highest BCUT2D eigenvalue weighted by Gasteiger charge is 2.32. The second-order valence-electron chi connectivity index (χ2n) is 5.00. The number of rotatable bonds is 5. The van der Waals surface area contributed by atoms with Crippen LogP contribution < -0.4 is 4.74 Å². The molecule has 1 N–H and O–H groups in total. The number of aliphatic hydroxyl groups excluding tert-OH is 1. The van der Waals surface area contributed by atoms with Crippen molar-refractivity contribution in [3.05, 3.63) is 29.8 Å². The Bertz CT molecular complexity index is 365. The van der Waals surface area contributed by atoms with Crippen LogP contribution in [0, 0.1) is 0 Å². The van der Waals surface area contributed by atoms with Gasteiger partial charge < -0.3 is 9.84 Å². The van der Waals surface area contributed by atoms with Gasteiger partial charge in [0.1, 0.15) is 11.9 Å². The fourth-order valence-electron chi connectivity index (χ4n) is 2.61. The van der Waals surface area contributed by atoms with Gasteiger partial charge in [-0.3, -0.25) is 4.90 Å². The first-order valence-electron chi connectivity index (χ1n) is 6.46. The lowest BCUT2D eigenvalue weighted by atomic mass is 10.1. The number of ether oxygens (including phenoxy) is 1. The maximum Gasteiger partial charge on any atom is 0.123 e. The lowest BCUT2D eigenvalue weighted by Gasteiger charge is -2.24. The van der Waals surface area contributed by atoms with Gasteiger partial charge in [0.2, 0.25) is 0 Å². The predicted octanol–water partition coefficient (Wildman–Crippen LogP) is 1.45. The average Bonchev–Trinajstić information content (AvgIpc) is 3.09. The molecule has 17 heavy (non-hydrogen) atoms. The largest absolute Gasteiger partial charge is 0.488 e. The first-order valence-corrected chi connectivity index (χ1v) is 6.46. The van der Waals surface area contributed by atoms with Crippen molar-refractivity contribution in [1.82, 2.24) is 4.90 Å². The third kappa shape index (κ3) is 2.45. The number of fused-ring (bicyclic) bond motifs is 1. The van der Waals surface area contributed by atoms with Crippen molar-refractivity contribution in [3.8, 4) is 5.75 Å². The first-order chi connectivity index (χ1) is 8.36. The summed E-state index contributed by atoms with van der Waals surface area (Å²) < 4.78 is 5.94. The Balaban J connectivity index is 1.60. The molecule has 1 aromatic rings.